The monoisotopic (exact) mass is 307 g/mol. The van der Waals surface area contributed by atoms with Gasteiger partial charge in [0.15, 0.2) is 11.5 Å². The van der Waals surface area contributed by atoms with Crippen LogP contribution in [0.5, 0.6) is 11.5 Å². The Morgan fingerprint density at radius 3 is 2.64 bits per heavy atom. The number of halogens is 1. The molecule has 0 radical (unpaired) electrons. The molecule has 78 valence electrons. The van der Waals surface area contributed by atoms with E-state index in [0.29, 0.717) is 16.3 Å². The minimum absolute atomic E-state index is 0.400. The van der Waals surface area contributed by atoms with Crippen molar-refractivity contribution >= 4 is 22.6 Å². The minimum atomic E-state index is 0.400. The third kappa shape index (κ3) is 2.73. The van der Waals surface area contributed by atoms with E-state index < -0.39 is 0 Å². The number of alkyl halides is 1. The number of pyridine rings is 1. The van der Waals surface area contributed by atoms with Gasteiger partial charge in [-0.3, -0.25) is 4.98 Å². The van der Waals surface area contributed by atoms with Gasteiger partial charge in [0, 0.05) is 11.8 Å². The van der Waals surface area contributed by atoms with Crippen molar-refractivity contribution in [3.05, 3.63) is 18.0 Å². The van der Waals surface area contributed by atoms with Gasteiger partial charge in [-0.1, -0.05) is 13.8 Å². The molecule has 1 rings (SSSR count). The lowest BCUT2D eigenvalue weighted by molar-refractivity contribution is 0.347. The van der Waals surface area contributed by atoms with E-state index in [1.807, 2.05) is 6.07 Å². The van der Waals surface area contributed by atoms with Gasteiger partial charge >= 0.3 is 0 Å². The fourth-order valence-corrected chi connectivity index (χ4v) is 1.42. The van der Waals surface area contributed by atoms with Crippen molar-refractivity contribution in [1.82, 2.24) is 4.98 Å². The van der Waals surface area contributed by atoms with Gasteiger partial charge in [-0.25, -0.2) is 0 Å². The molecule has 0 amide bonds. The summed E-state index contributed by atoms with van der Waals surface area (Å²) in [7, 11) is 1.62. The van der Waals surface area contributed by atoms with E-state index in [4.69, 9.17) is 9.47 Å². The molecule has 4 heteroatoms. The van der Waals surface area contributed by atoms with E-state index >= 15 is 0 Å². The number of ether oxygens (including phenoxy) is 2. The Hall–Kier alpha value is -0.520. The molecule has 0 aliphatic carbocycles. The van der Waals surface area contributed by atoms with Crippen LogP contribution in [0.3, 0.4) is 0 Å². The standard InChI is InChI=1S/C10H14INO2/c1-7(2)8-4-9(14-6-11)10(13-3)5-12-8/h4-5,7H,6H2,1-3H3. The van der Waals surface area contributed by atoms with Crippen LogP contribution in [0.4, 0.5) is 0 Å². The summed E-state index contributed by atoms with van der Waals surface area (Å²) in [6.07, 6.45) is 1.71. The largest absolute Gasteiger partial charge is 0.491 e. The summed E-state index contributed by atoms with van der Waals surface area (Å²) < 4.78 is 11.2. The summed E-state index contributed by atoms with van der Waals surface area (Å²) in [5.74, 6) is 1.85. The molecular weight excluding hydrogens is 293 g/mol. The van der Waals surface area contributed by atoms with E-state index in [0.717, 1.165) is 11.4 Å². The molecule has 0 aliphatic heterocycles. The average molecular weight is 307 g/mol. The lowest BCUT2D eigenvalue weighted by Crippen LogP contribution is -1.98. The second kappa shape index (κ2) is 5.38. The van der Waals surface area contributed by atoms with E-state index in [2.05, 4.69) is 41.4 Å². The first-order valence-electron chi connectivity index (χ1n) is 4.41. The third-order valence-electron chi connectivity index (χ3n) is 1.87. The van der Waals surface area contributed by atoms with Crippen LogP contribution in [0.1, 0.15) is 25.5 Å². The number of rotatable bonds is 4. The molecule has 0 saturated carbocycles. The van der Waals surface area contributed by atoms with Gasteiger partial charge in [0.25, 0.3) is 0 Å². The minimum Gasteiger partial charge on any atom is -0.491 e. The molecule has 1 aromatic rings. The Morgan fingerprint density at radius 2 is 2.14 bits per heavy atom. The SMILES string of the molecule is COc1cnc(C(C)C)cc1OCI. The summed E-state index contributed by atoms with van der Waals surface area (Å²) in [6, 6.07) is 1.93. The van der Waals surface area contributed by atoms with Crippen molar-refractivity contribution in [3.63, 3.8) is 0 Å². The molecule has 0 fully saturated rings. The predicted molar refractivity (Wildman–Crippen MR) is 64.4 cm³/mol. The zero-order valence-electron chi connectivity index (χ0n) is 8.58. The highest BCUT2D eigenvalue weighted by atomic mass is 127. The van der Waals surface area contributed by atoms with Crippen LogP contribution in [-0.4, -0.2) is 16.7 Å². The van der Waals surface area contributed by atoms with Gasteiger partial charge in [0.05, 0.1) is 13.3 Å². The van der Waals surface area contributed by atoms with Gasteiger partial charge in [-0.2, -0.15) is 0 Å². The lowest BCUT2D eigenvalue weighted by atomic mass is 10.1. The molecule has 14 heavy (non-hydrogen) atoms. The first kappa shape index (κ1) is 11.6. The van der Waals surface area contributed by atoms with Gasteiger partial charge in [-0.15, -0.1) is 0 Å². The topological polar surface area (TPSA) is 31.4 Å². The van der Waals surface area contributed by atoms with Crippen LogP contribution in [0.25, 0.3) is 0 Å². The van der Waals surface area contributed by atoms with E-state index in [1.54, 1.807) is 13.3 Å². The molecule has 0 saturated heterocycles. The number of methoxy groups -OCH3 is 1. The molecule has 0 N–H and O–H groups in total. The maximum Gasteiger partial charge on any atom is 0.179 e. The maximum atomic E-state index is 5.44. The van der Waals surface area contributed by atoms with Crippen molar-refractivity contribution in [2.24, 2.45) is 0 Å². The highest BCUT2D eigenvalue weighted by molar-refractivity contribution is 14.1. The molecule has 0 aromatic carbocycles. The molecule has 0 spiro atoms. The summed E-state index contributed by atoms with van der Waals surface area (Å²) in [4.78, 5) is 4.28. The Morgan fingerprint density at radius 1 is 1.43 bits per heavy atom. The van der Waals surface area contributed by atoms with Crippen LogP contribution in [-0.2, 0) is 0 Å². The summed E-state index contributed by atoms with van der Waals surface area (Å²) >= 11 is 2.15. The van der Waals surface area contributed by atoms with Crippen molar-refractivity contribution in [1.29, 1.82) is 0 Å². The van der Waals surface area contributed by atoms with E-state index in [-0.39, 0.29) is 0 Å². The Balaban J connectivity index is 3.01. The molecule has 0 unspecified atom stereocenters. The molecule has 3 nitrogen and oxygen atoms in total. The Bertz CT molecular complexity index is 302. The average Bonchev–Trinajstić information content (AvgIpc) is 2.18. The van der Waals surface area contributed by atoms with Gasteiger partial charge in [0.2, 0.25) is 0 Å². The lowest BCUT2D eigenvalue weighted by Gasteiger charge is -2.11. The van der Waals surface area contributed by atoms with Crippen molar-refractivity contribution in [2.75, 3.05) is 11.7 Å². The Kier molecular flexibility index (Phi) is 4.44. The predicted octanol–water partition coefficient (Wildman–Crippen LogP) is 2.98. The number of nitrogens with zero attached hydrogens (tertiary/aromatic N) is 1. The van der Waals surface area contributed by atoms with Crippen LogP contribution in [0.15, 0.2) is 12.3 Å². The second-order valence-electron chi connectivity index (χ2n) is 3.17. The van der Waals surface area contributed by atoms with E-state index in [9.17, 15) is 0 Å². The number of hydrogen-bond acceptors (Lipinski definition) is 3. The zero-order valence-corrected chi connectivity index (χ0v) is 10.7. The van der Waals surface area contributed by atoms with Crippen LogP contribution < -0.4 is 9.47 Å². The zero-order chi connectivity index (χ0) is 10.6. The Labute approximate surface area is 98.0 Å². The van der Waals surface area contributed by atoms with E-state index in [1.165, 1.54) is 0 Å². The number of aromatic nitrogens is 1. The quantitative estimate of drug-likeness (QED) is 0.633. The van der Waals surface area contributed by atoms with Crippen LogP contribution in [0, 0.1) is 0 Å². The molecule has 1 aromatic heterocycles. The first-order chi connectivity index (χ1) is 6.69. The summed E-state index contributed by atoms with van der Waals surface area (Å²) in [5, 5.41) is 0. The first-order valence-corrected chi connectivity index (χ1v) is 5.94. The normalized spacial score (nSPS) is 10.4. The van der Waals surface area contributed by atoms with Crippen molar-refractivity contribution in [2.45, 2.75) is 19.8 Å². The summed E-state index contributed by atoms with van der Waals surface area (Å²) in [5.41, 5.74) is 1.02. The van der Waals surface area contributed by atoms with Gasteiger partial charge < -0.3 is 9.47 Å². The fraction of sp³-hybridized carbons (Fsp3) is 0.500. The van der Waals surface area contributed by atoms with Crippen LogP contribution in [0.2, 0.25) is 0 Å². The van der Waals surface area contributed by atoms with Gasteiger partial charge in [-0.05, 0) is 28.5 Å². The number of hydrogen-bond donors (Lipinski definition) is 0. The van der Waals surface area contributed by atoms with Gasteiger partial charge in [0.1, 0.15) is 4.61 Å². The highest BCUT2D eigenvalue weighted by Gasteiger charge is 2.08. The second-order valence-corrected chi connectivity index (χ2v) is 3.79. The summed E-state index contributed by atoms with van der Waals surface area (Å²) in [6.45, 7) is 4.20. The molecule has 0 atom stereocenters. The van der Waals surface area contributed by atoms with Crippen molar-refractivity contribution in [3.8, 4) is 11.5 Å². The molecule has 0 bridgehead atoms. The smallest absolute Gasteiger partial charge is 0.179 e. The van der Waals surface area contributed by atoms with Crippen LogP contribution >= 0.6 is 22.6 Å². The molecule has 0 aliphatic rings. The fourth-order valence-electron chi connectivity index (χ4n) is 1.08. The highest BCUT2D eigenvalue weighted by Crippen LogP contribution is 2.29. The maximum absolute atomic E-state index is 5.44. The molecular formula is C10H14INO2. The third-order valence-corrected chi connectivity index (χ3v) is 2.19. The van der Waals surface area contributed by atoms with Crippen molar-refractivity contribution < 1.29 is 9.47 Å². The molecule has 1 heterocycles.